The molecule has 0 aromatic heterocycles. The van der Waals surface area contributed by atoms with E-state index in [1.807, 2.05) is 0 Å². The highest BCUT2D eigenvalue weighted by atomic mass is 16.3. The number of nitrogens with zero attached hydrogens (tertiary/aromatic N) is 2. The van der Waals surface area contributed by atoms with Gasteiger partial charge < -0.3 is 15.1 Å². The molecule has 2 N–H and O–H groups in total. The minimum absolute atomic E-state index is 0.0121. The molecule has 8 heteroatoms. The van der Waals surface area contributed by atoms with E-state index in [4.69, 9.17) is 0 Å². The highest BCUT2D eigenvalue weighted by Gasteiger charge is 2.40. The molecule has 0 radical (unpaired) electrons. The summed E-state index contributed by atoms with van der Waals surface area (Å²) in [5.41, 5.74) is 0.0242. The molecular formula is C24H24N2O6. The Kier molecular flexibility index (Phi) is 8.76. The maximum atomic E-state index is 13.0. The SMILES string of the molecule is C=CCN(CC=C)C(=O)C(O)C(O)C(=O)N(C(=O)c1ccccc1)C(=O)c1ccccc1. The van der Waals surface area contributed by atoms with E-state index in [0.29, 0.717) is 0 Å². The number of carbonyl (C=O) groups is 4. The van der Waals surface area contributed by atoms with Crippen LogP contribution in [0.15, 0.2) is 86.0 Å². The maximum Gasteiger partial charge on any atom is 0.268 e. The Bertz CT molecular complexity index is 929. The smallest absolute Gasteiger partial charge is 0.268 e. The number of amides is 4. The van der Waals surface area contributed by atoms with E-state index in [2.05, 4.69) is 13.2 Å². The Hall–Kier alpha value is -3.88. The number of benzene rings is 2. The van der Waals surface area contributed by atoms with Crippen molar-refractivity contribution in [3.05, 3.63) is 97.1 Å². The van der Waals surface area contributed by atoms with Gasteiger partial charge in [-0.2, -0.15) is 0 Å². The summed E-state index contributed by atoms with van der Waals surface area (Å²) >= 11 is 0. The standard InChI is InChI=1S/C24H24N2O6/c1-3-15-25(16-4-2)23(31)19(27)20(28)24(32)26(21(29)17-11-7-5-8-12-17)22(30)18-13-9-6-10-14-18/h3-14,19-20,27-28H,1-2,15-16H2. The summed E-state index contributed by atoms with van der Waals surface area (Å²) in [4.78, 5) is 52.9. The lowest BCUT2D eigenvalue weighted by Crippen LogP contribution is -2.54. The zero-order valence-corrected chi connectivity index (χ0v) is 17.3. The van der Waals surface area contributed by atoms with E-state index >= 15 is 0 Å². The average Bonchev–Trinajstić information content (AvgIpc) is 2.83. The zero-order valence-electron chi connectivity index (χ0n) is 17.3. The van der Waals surface area contributed by atoms with Gasteiger partial charge in [-0.05, 0) is 24.3 Å². The topological polar surface area (TPSA) is 115 Å². The average molecular weight is 436 g/mol. The number of aliphatic hydroxyl groups is 2. The van der Waals surface area contributed by atoms with Crippen molar-refractivity contribution in [1.29, 1.82) is 0 Å². The van der Waals surface area contributed by atoms with Gasteiger partial charge in [0.1, 0.15) is 0 Å². The maximum absolute atomic E-state index is 13.0. The molecule has 0 saturated heterocycles. The van der Waals surface area contributed by atoms with Gasteiger partial charge in [0, 0.05) is 24.2 Å². The number of hydrogen-bond acceptors (Lipinski definition) is 6. The minimum atomic E-state index is -2.36. The van der Waals surface area contributed by atoms with Crippen LogP contribution in [-0.4, -0.2) is 68.9 Å². The van der Waals surface area contributed by atoms with E-state index in [-0.39, 0.29) is 29.1 Å². The molecule has 2 rings (SSSR count). The highest BCUT2D eigenvalue weighted by molar-refractivity contribution is 6.21. The second-order valence-corrected chi connectivity index (χ2v) is 6.73. The van der Waals surface area contributed by atoms with Crippen molar-refractivity contribution >= 4 is 23.6 Å². The summed E-state index contributed by atoms with van der Waals surface area (Å²) in [6.45, 7) is 7.07. The van der Waals surface area contributed by atoms with Crippen LogP contribution in [0.2, 0.25) is 0 Å². The summed E-state index contributed by atoms with van der Waals surface area (Å²) in [6, 6.07) is 15.0. The number of aliphatic hydroxyl groups excluding tert-OH is 2. The predicted molar refractivity (Wildman–Crippen MR) is 117 cm³/mol. The second-order valence-electron chi connectivity index (χ2n) is 6.73. The molecule has 0 heterocycles. The molecule has 0 aliphatic carbocycles. The Morgan fingerprint density at radius 1 is 0.719 bits per heavy atom. The molecule has 0 saturated carbocycles. The first-order chi connectivity index (χ1) is 15.3. The molecular weight excluding hydrogens is 412 g/mol. The third kappa shape index (κ3) is 5.63. The van der Waals surface area contributed by atoms with Crippen molar-refractivity contribution in [3.63, 3.8) is 0 Å². The van der Waals surface area contributed by atoms with Crippen LogP contribution in [0.25, 0.3) is 0 Å². The zero-order chi connectivity index (χ0) is 23.7. The third-order valence-electron chi connectivity index (χ3n) is 4.48. The van der Waals surface area contributed by atoms with Crippen LogP contribution in [0.3, 0.4) is 0 Å². The first kappa shape index (κ1) is 24.4. The molecule has 166 valence electrons. The Morgan fingerprint density at radius 3 is 1.47 bits per heavy atom. The van der Waals surface area contributed by atoms with Crippen LogP contribution < -0.4 is 0 Å². The van der Waals surface area contributed by atoms with Crippen molar-refractivity contribution in [2.45, 2.75) is 12.2 Å². The van der Waals surface area contributed by atoms with E-state index < -0.39 is 35.8 Å². The quantitative estimate of drug-likeness (QED) is 0.454. The van der Waals surface area contributed by atoms with Gasteiger partial charge in [0.15, 0.2) is 12.2 Å². The Labute approximate surface area is 185 Å². The van der Waals surface area contributed by atoms with Crippen molar-refractivity contribution in [1.82, 2.24) is 9.80 Å². The summed E-state index contributed by atoms with van der Waals surface area (Å²) < 4.78 is 0. The van der Waals surface area contributed by atoms with Gasteiger partial charge >= 0.3 is 0 Å². The summed E-state index contributed by atoms with van der Waals surface area (Å²) in [5.74, 6) is -4.41. The van der Waals surface area contributed by atoms with Gasteiger partial charge in [0.25, 0.3) is 23.6 Å². The van der Waals surface area contributed by atoms with Crippen molar-refractivity contribution in [3.8, 4) is 0 Å². The molecule has 2 unspecified atom stereocenters. The molecule has 8 nitrogen and oxygen atoms in total. The molecule has 32 heavy (non-hydrogen) atoms. The Balaban J connectivity index is 2.39. The number of imide groups is 3. The first-order valence-electron chi connectivity index (χ1n) is 9.72. The number of rotatable bonds is 9. The third-order valence-corrected chi connectivity index (χ3v) is 4.48. The molecule has 2 aromatic rings. The van der Waals surface area contributed by atoms with Crippen LogP contribution in [-0.2, 0) is 9.59 Å². The van der Waals surface area contributed by atoms with Crippen molar-refractivity contribution < 1.29 is 29.4 Å². The summed E-state index contributed by atoms with van der Waals surface area (Å²) in [6.07, 6.45) is -1.78. The molecule has 2 atom stereocenters. The molecule has 0 fully saturated rings. The van der Waals surface area contributed by atoms with Gasteiger partial charge in [-0.3, -0.25) is 19.2 Å². The van der Waals surface area contributed by atoms with Crippen LogP contribution in [0.5, 0.6) is 0 Å². The lowest BCUT2D eigenvalue weighted by molar-refractivity contribution is -0.155. The van der Waals surface area contributed by atoms with E-state index in [1.54, 1.807) is 36.4 Å². The number of carbonyl (C=O) groups excluding carboxylic acids is 4. The van der Waals surface area contributed by atoms with Crippen molar-refractivity contribution in [2.24, 2.45) is 0 Å². The fourth-order valence-electron chi connectivity index (χ4n) is 2.87. The van der Waals surface area contributed by atoms with E-state index in [9.17, 15) is 29.4 Å². The largest absolute Gasteiger partial charge is 0.380 e. The minimum Gasteiger partial charge on any atom is -0.380 e. The summed E-state index contributed by atoms with van der Waals surface area (Å²) in [5, 5.41) is 20.8. The van der Waals surface area contributed by atoms with E-state index in [0.717, 1.165) is 4.90 Å². The predicted octanol–water partition coefficient (Wildman–Crippen LogP) is 1.42. The molecule has 0 bridgehead atoms. The lowest BCUT2D eigenvalue weighted by Gasteiger charge is -2.27. The van der Waals surface area contributed by atoms with Crippen LogP contribution in [0.1, 0.15) is 20.7 Å². The normalized spacial score (nSPS) is 12.2. The highest BCUT2D eigenvalue weighted by Crippen LogP contribution is 2.14. The fourth-order valence-corrected chi connectivity index (χ4v) is 2.87. The first-order valence-corrected chi connectivity index (χ1v) is 9.72. The van der Waals surface area contributed by atoms with Crippen molar-refractivity contribution in [2.75, 3.05) is 13.1 Å². The van der Waals surface area contributed by atoms with Gasteiger partial charge in [-0.25, -0.2) is 4.90 Å². The molecule has 0 spiro atoms. The molecule has 0 aliphatic heterocycles. The van der Waals surface area contributed by atoms with Gasteiger partial charge in [0.05, 0.1) is 0 Å². The van der Waals surface area contributed by atoms with Crippen LogP contribution in [0.4, 0.5) is 0 Å². The van der Waals surface area contributed by atoms with Crippen LogP contribution in [0, 0.1) is 0 Å². The molecule has 2 aromatic carbocycles. The Morgan fingerprint density at radius 2 is 1.09 bits per heavy atom. The monoisotopic (exact) mass is 436 g/mol. The summed E-state index contributed by atoms with van der Waals surface area (Å²) in [7, 11) is 0. The fraction of sp³-hybridized carbons (Fsp3) is 0.167. The lowest BCUT2D eigenvalue weighted by atomic mass is 10.1. The second kappa shape index (κ2) is 11.5. The molecule has 4 amide bonds. The van der Waals surface area contributed by atoms with E-state index in [1.165, 1.54) is 36.4 Å². The molecule has 0 aliphatic rings. The van der Waals surface area contributed by atoms with Gasteiger partial charge in [-0.15, -0.1) is 13.2 Å². The number of hydrogen-bond donors (Lipinski definition) is 2. The van der Waals surface area contributed by atoms with Gasteiger partial charge in [-0.1, -0.05) is 48.6 Å². The van der Waals surface area contributed by atoms with Crippen LogP contribution >= 0.6 is 0 Å². The van der Waals surface area contributed by atoms with Gasteiger partial charge in [0.2, 0.25) is 0 Å².